The number of carboxylic acids is 1. The van der Waals surface area contributed by atoms with Crippen LogP contribution in [0.5, 0.6) is 5.75 Å². The molecule has 5 heteroatoms. The molecule has 0 saturated heterocycles. The predicted molar refractivity (Wildman–Crippen MR) is 85.2 cm³/mol. The van der Waals surface area contributed by atoms with Crippen molar-refractivity contribution in [3.63, 3.8) is 0 Å². The minimum absolute atomic E-state index is 0.114. The summed E-state index contributed by atoms with van der Waals surface area (Å²) in [5.41, 5.74) is 2.25. The normalized spacial score (nSPS) is 10.3. The third-order valence-corrected chi connectivity index (χ3v) is 3.45. The third kappa shape index (κ3) is 6.16. The molecule has 0 radical (unpaired) electrons. The van der Waals surface area contributed by atoms with Crippen LogP contribution < -0.4 is 4.74 Å². The van der Waals surface area contributed by atoms with Gasteiger partial charge in [-0.1, -0.05) is 12.1 Å². The number of benzene rings is 1. The molecular weight excluding hydrogens is 282 g/mol. The van der Waals surface area contributed by atoms with E-state index < -0.39 is 5.97 Å². The maximum absolute atomic E-state index is 11.9. The van der Waals surface area contributed by atoms with Crippen LogP contribution in [0.1, 0.15) is 37.3 Å². The average molecular weight is 307 g/mol. The molecule has 0 aliphatic heterocycles. The number of carbonyl (C=O) groups excluding carboxylic acids is 1. The number of nitrogens with zero attached hydrogens (tertiary/aromatic N) is 1. The summed E-state index contributed by atoms with van der Waals surface area (Å²) >= 11 is 0. The summed E-state index contributed by atoms with van der Waals surface area (Å²) in [7, 11) is 0. The minimum Gasteiger partial charge on any atom is -0.493 e. The SMILES string of the molecule is CCN(CC(=O)O)C(=O)CCCCOc1cc(C)ccc1C. The third-order valence-electron chi connectivity index (χ3n) is 3.45. The molecule has 0 spiro atoms. The van der Waals surface area contributed by atoms with Crippen LogP contribution in [-0.4, -0.2) is 41.6 Å². The van der Waals surface area contributed by atoms with Gasteiger partial charge in [0.2, 0.25) is 5.91 Å². The zero-order chi connectivity index (χ0) is 16.5. The molecule has 1 aromatic rings. The molecule has 0 unspecified atom stereocenters. The zero-order valence-electron chi connectivity index (χ0n) is 13.6. The maximum Gasteiger partial charge on any atom is 0.323 e. The number of ether oxygens (including phenoxy) is 1. The summed E-state index contributed by atoms with van der Waals surface area (Å²) in [5, 5.41) is 8.73. The number of amides is 1. The van der Waals surface area contributed by atoms with Gasteiger partial charge in [0, 0.05) is 13.0 Å². The Bertz CT molecular complexity index is 513. The van der Waals surface area contributed by atoms with Crippen LogP contribution in [0, 0.1) is 13.8 Å². The van der Waals surface area contributed by atoms with Gasteiger partial charge in [0.15, 0.2) is 0 Å². The average Bonchev–Trinajstić information content (AvgIpc) is 2.47. The zero-order valence-corrected chi connectivity index (χ0v) is 13.6. The highest BCUT2D eigenvalue weighted by Crippen LogP contribution is 2.19. The van der Waals surface area contributed by atoms with Gasteiger partial charge in [0.1, 0.15) is 12.3 Å². The lowest BCUT2D eigenvalue weighted by atomic mass is 10.1. The van der Waals surface area contributed by atoms with E-state index >= 15 is 0 Å². The Kier molecular flexibility index (Phi) is 7.43. The highest BCUT2D eigenvalue weighted by atomic mass is 16.5. The molecule has 0 aromatic heterocycles. The van der Waals surface area contributed by atoms with E-state index in [0.717, 1.165) is 23.3 Å². The molecule has 1 aromatic carbocycles. The number of aliphatic carboxylic acids is 1. The van der Waals surface area contributed by atoms with Gasteiger partial charge in [0.25, 0.3) is 0 Å². The van der Waals surface area contributed by atoms with Gasteiger partial charge in [-0.2, -0.15) is 0 Å². The van der Waals surface area contributed by atoms with Crippen LogP contribution in [0.2, 0.25) is 0 Å². The van der Waals surface area contributed by atoms with Crippen molar-refractivity contribution in [2.24, 2.45) is 0 Å². The number of hydrogen-bond acceptors (Lipinski definition) is 3. The molecule has 22 heavy (non-hydrogen) atoms. The van der Waals surface area contributed by atoms with Gasteiger partial charge < -0.3 is 14.7 Å². The molecule has 0 fully saturated rings. The van der Waals surface area contributed by atoms with Crippen LogP contribution in [0.15, 0.2) is 18.2 Å². The Hall–Kier alpha value is -2.04. The Morgan fingerprint density at radius 3 is 2.59 bits per heavy atom. The smallest absolute Gasteiger partial charge is 0.323 e. The maximum atomic E-state index is 11.9. The second kappa shape index (κ2) is 9.07. The van der Waals surface area contributed by atoms with Crippen molar-refractivity contribution in [2.75, 3.05) is 19.7 Å². The quantitative estimate of drug-likeness (QED) is 0.712. The van der Waals surface area contributed by atoms with E-state index in [9.17, 15) is 9.59 Å². The van der Waals surface area contributed by atoms with E-state index in [1.54, 1.807) is 6.92 Å². The van der Waals surface area contributed by atoms with Crippen LogP contribution in [0.4, 0.5) is 0 Å². The van der Waals surface area contributed by atoms with E-state index in [1.807, 2.05) is 32.0 Å². The highest BCUT2D eigenvalue weighted by Gasteiger charge is 2.14. The fraction of sp³-hybridized carbons (Fsp3) is 0.529. The van der Waals surface area contributed by atoms with Crippen LogP contribution in [0.3, 0.4) is 0 Å². The van der Waals surface area contributed by atoms with Gasteiger partial charge in [-0.3, -0.25) is 9.59 Å². The molecule has 1 amide bonds. The van der Waals surface area contributed by atoms with E-state index in [-0.39, 0.29) is 12.5 Å². The van der Waals surface area contributed by atoms with Crippen molar-refractivity contribution in [2.45, 2.75) is 40.0 Å². The lowest BCUT2D eigenvalue weighted by Gasteiger charge is -2.18. The summed E-state index contributed by atoms with van der Waals surface area (Å²) in [6, 6.07) is 6.08. The Balaban J connectivity index is 2.28. The van der Waals surface area contributed by atoms with Crippen molar-refractivity contribution in [1.29, 1.82) is 0 Å². The number of rotatable bonds is 9. The number of carbonyl (C=O) groups is 2. The molecule has 0 saturated carbocycles. The van der Waals surface area contributed by atoms with E-state index in [1.165, 1.54) is 4.90 Å². The first-order valence-electron chi connectivity index (χ1n) is 7.63. The topological polar surface area (TPSA) is 66.8 Å². The lowest BCUT2D eigenvalue weighted by Crippen LogP contribution is -2.35. The van der Waals surface area contributed by atoms with Crippen LogP contribution >= 0.6 is 0 Å². The molecule has 1 rings (SSSR count). The second-order valence-corrected chi connectivity index (χ2v) is 5.38. The van der Waals surface area contributed by atoms with Gasteiger partial charge in [0.05, 0.1) is 6.61 Å². The first-order chi connectivity index (χ1) is 10.4. The molecule has 1 N–H and O–H groups in total. The molecular formula is C17H25NO4. The molecule has 0 heterocycles. The Morgan fingerprint density at radius 2 is 1.95 bits per heavy atom. The predicted octanol–water partition coefficient (Wildman–Crippen LogP) is 2.79. The molecule has 0 aliphatic carbocycles. The molecule has 122 valence electrons. The van der Waals surface area contributed by atoms with E-state index in [0.29, 0.717) is 26.0 Å². The summed E-state index contributed by atoms with van der Waals surface area (Å²) in [5.74, 6) is -0.211. The van der Waals surface area contributed by atoms with Gasteiger partial charge in [-0.15, -0.1) is 0 Å². The Labute approximate surface area is 131 Å². The first-order valence-corrected chi connectivity index (χ1v) is 7.63. The highest BCUT2D eigenvalue weighted by molar-refractivity contribution is 5.81. The number of hydrogen-bond donors (Lipinski definition) is 1. The summed E-state index contributed by atoms with van der Waals surface area (Å²) in [4.78, 5) is 23.9. The van der Waals surface area contributed by atoms with E-state index in [2.05, 4.69) is 0 Å². The second-order valence-electron chi connectivity index (χ2n) is 5.38. The summed E-state index contributed by atoms with van der Waals surface area (Å²) in [6.07, 6.45) is 1.82. The fourth-order valence-electron chi connectivity index (χ4n) is 2.12. The molecule has 5 nitrogen and oxygen atoms in total. The lowest BCUT2D eigenvalue weighted by molar-refractivity contribution is -0.144. The molecule has 0 atom stereocenters. The number of likely N-dealkylation sites (N-methyl/N-ethyl adjacent to an activating group) is 1. The minimum atomic E-state index is -0.978. The van der Waals surface area contributed by atoms with Crippen molar-refractivity contribution in [1.82, 2.24) is 4.90 Å². The van der Waals surface area contributed by atoms with E-state index in [4.69, 9.17) is 9.84 Å². The summed E-state index contributed by atoms with van der Waals surface area (Å²) in [6.45, 7) is 6.56. The standard InChI is InChI=1S/C17H25NO4/c1-4-18(12-17(20)21)16(19)7-5-6-10-22-15-11-13(2)8-9-14(15)3/h8-9,11H,4-7,10,12H2,1-3H3,(H,20,21). The van der Waals surface area contributed by atoms with Gasteiger partial charge >= 0.3 is 5.97 Å². The summed E-state index contributed by atoms with van der Waals surface area (Å²) < 4.78 is 5.73. The van der Waals surface area contributed by atoms with Crippen molar-refractivity contribution >= 4 is 11.9 Å². The number of aryl methyl sites for hydroxylation is 2. The van der Waals surface area contributed by atoms with Gasteiger partial charge in [-0.25, -0.2) is 0 Å². The Morgan fingerprint density at radius 1 is 1.23 bits per heavy atom. The monoisotopic (exact) mass is 307 g/mol. The van der Waals surface area contributed by atoms with Gasteiger partial charge in [-0.05, 0) is 50.8 Å². The number of carboxylic acid groups (broad SMARTS) is 1. The fourth-order valence-corrected chi connectivity index (χ4v) is 2.12. The largest absolute Gasteiger partial charge is 0.493 e. The van der Waals surface area contributed by atoms with Crippen LogP contribution in [-0.2, 0) is 9.59 Å². The van der Waals surface area contributed by atoms with Crippen molar-refractivity contribution in [3.8, 4) is 5.75 Å². The van der Waals surface area contributed by atoms with Crippen molar-refractivity contribution < 1.29 is 19.4 Å². The molecule has 0 bridgehead atoms. The number of unbranched alkanes of at least 4 members (excludes halogenated alkanes) is 1. The van der Waals surface area contributed by atoms with Crippen molar-refractivity contribution in [3.05, 3.63) is 29.3 Å². The molecule has 0 aliphatic rings. The first kappa shape index (κ1) is 18.0. The van der Waals surface area contributed by atoms with Crippen LogP contribution in [0.25, 0.3) is 0 Å².